The molecule has 3 N–H and O–H groups in total. The first-order valence-electron chi connectivity index (χ1n) is 11.7. The zero-order chi connectivity index (χ0) is 23.7. The van der Waals surface area contributed by atoms with E-state index in [9.17, 15) is 9.59 Å². The van der Waals surface area contributed by atoms with E-state index in [4.69, 9.17) is 15.5 Å². The van der Waals surface area contributed by atoms with E-state index in [1.54, 1.807) is 7.05 Å². The molecule has 8 nitrogen and oxygen atoms in total. The number of carbonyl (C=O) groups is 2. The SMILES string of the molecule is CCC1C(Br)C(=NC)N=C(N2CCC3(CCCC3NC(=O)OC(C)(C)C)CC2)C1C(N)=O. The van der Waals surface area contributed by atoms with Crippen LogP contribution < -0.4 is 11.1 Å². The van der Waals surface area contributed by atoms with Gasteiger partial charge in [0.05, 0.1) is 10.7 Å². The van der Waals surface area contributed by atoms with Crippen LogP contribution in [0.2, 0.25) is 0 Å². The number of nitrogens with two attached hydrogens (primary N) is 1. The number of amidine groups is 2. The third-order valence-electron chi connectivity index (χ3n) is 7.25. The summed E-state index contributed by atoms with van der Waals surface area (Å²) < 4.78 is 5.50. The fourth-order valence-electron chi connectivity index (χ4n) is 5.62. The number of hydrogen-bond acceptors (Lipinski definition) is 5. The summed E-state index contributed by atoms with van der Waals surface area (Å²) in [5.41, 5.74) is 5.41. The summed E-state index contributed by atoms with van der Waals surface area (Å²) in [7, 11) is 1.73. The highest BCUT2D eigenvalue weighted by atomic mass is 79.9. The normalized spacial score (nSPS) is 31.5. The van der Waals surface area contributed by atoms with Crippen molar-refractivity contribution in [3.63, 3.8) is 0 Å². The Labute approximate surface area is 199 Å². The molecule has 1 aliphatic carbocycles. The van der Waals surface area contributed by atoms with Crippen LogP contribution in [0.25, 0.3) is 0 Å². The van der Waals surface area contributed by atoms with E-state index < -0.39 is 11.5 Å². The maximum atomic E-state index is 12.4. The van der Waals surface area contributed by atoms with Crippen LogP contribution in [0.4, 0.5) is 4.79 Å². The second-order valence-electron chi connectivity index (χ2n) is 10.3. The fraction of sp³-hybridized carbons (Fsp3) is 0.826. The molecule has 2 amide bonds. The zero-order valence-corrected chi connectivity index (χ0v) is 21.6. The van der Waals surface area contributed by atoms with Gasteiger partial charge in [-0.2, -0.15) is 0 Å². The average molecular weight is 512 g/mol. The summed E-state index contributed by atoms with van der Waals surface area (Å²) in [6.45, 7) is 9.28. The maximum absolute atomic E-state index is 12.4. The Hall–Kier alpha value is -1.64. The number of aliphatic imine (C=N–C) groups is 2. The molecule has 0 aromatic carbocycles. The number of ether oxygens (including phenoxy) is 1. The molecule has 32 heavy (non-hydrogen) atoms. The van der Waals surface area contributed by atoms with Gasteiger partial charge < -0.3 is 20.7 Å². The number of alkyl halides is 1. The van der Waals surface area contributed by atoms with Crippen molar-refractivity contribution in [2.45, 2.75) is 82.7 Å². The molecular weight excluding hydrogens is 474 g/mol. The van der Waals surface area contributed by atoms with Crippen molar-refractivity contribution in [2.24, 2.45) is 33.0 Å². The highest BCUT2D eigenvalue weighted by Crippen LogP contribution is 2.47. The molecule has 2 fully saturated rings. The van der Waals surface area contributed by atoms with Crippen molar-refractivity contribution >= 4 is 39.6 Å². The molecule has 4 unspecified atom stereocenters. The fourth-order valence-corrected chi connectivity index (χ4v) is 6.60. The maximum Gasteiger partial charge on any atom is 0.407 e. The van der Waals surface area contributed by atoms with Crippen molar-refractivity contribution in [1.82, 2.24) is 10.2 Å². The predicted molar refractivity (Wildman–Crippen MR) is 130 cm³/mol. The number of piperidine rings is 1. The molecule has 4 atom stereocenters. The molecule has 3 aliphatic rings. The molecule has 3 rings (SSSR count). The van der Waals surface area contributed by atoms with Gasteiger partial charge in [-0.05, 0) is 57.8 Å². The average Bonchev–Trinajstić information content (AvgIpc) is 3.08. The van der Waals surface area contributed by atoms with Crippen molar-refractivity contribution in [3.05, 3.63) is 0 Å². The van der Waals surface area contributed by atoms with Crippen LogP contribution in [-0.2, 0) is 9.53 Å². The smallest absolute Gasteiger partial charge is 0.407 e. The highest BCUT2D eigenvalue weighted by molar-refractivity contribution is 9.10. The van der Waals surface area contributed by atoms with Gasteiger partial charge >= 0.3 is 6.09 Å². The Morgan fingerprint density at radius 1 is 1.31 bits per heavy atom. The quantitative estimate of drug-likeness (QED) is 0.565. The van der Waals surface area contributed by atoms with Crippen LogP contribution in [0.1, 0.15) is 66.2 Å². The Bertz CT molecular complexity index is 783. The summed E-state index contributed by atoms with van der Waals surface area (Å²) in [4.78, 5) is 36.1. The number of halogens is 1. The lowest BCUT2D eigenvalue weighted by atomic mass is 9.73. The summed E-state index contributed by atoms with van der Waals surface area (Å²) in [5, 5.41) is 3.15. The topological polar surface area (TPSA) is 109 Å². The van der Waals surface area contributed by atoms with E-state index in [0.29, 0.717) is 0 Å². The lowest BCUT2D eigenvalue weighted by Gasteiger charge is -2.46. The number of nitrogens with zero attached hydrogens (tertiary/aromatic N) is 3. The number of rotatable bonds is 3. The summed E-state index contributed by atoms with van der Waals surface area (Å²) in [6, 6.07) is 0.114. The monoisotopic (exact) mass is 511 g/mol. The zero-order valence-electron chi connectivity index (χ0n) is 20.0. The van der Waals surface area contributed by atoms with E-state index in [1.807, 2.05) is 20.8 Å². The first-order chi connectivity index (χ1) is 15.0. The van der Waals surface area contributed by atoms with Crippen LogP contribution in [0.3, 0.4) is 0 Å². The number of carbonyl (C=O) groups excluding carboxylic acids is 2. The molecule has 2 aliphatic heterocycles. The minimum Gasteiger partial charge on any atom is -0.444 e. The van der Waals surface area contributed by atoms with Crippen LogP contribution in [-0.4, -0.2) is 65.2 Å². The molecule has 1 saturated carbocycles. The number of likely N-dealkylation sites (tertiary alicyclic amines) is 1. The van der Waals surface area contributed by atoms with E-state index >= 15 is 0 Å². The van der Waals surface area contributed by atoms with Gasteiger partial charge in [0.15, 0.2) is 0 Å². The third kappa shape index (κ3) is 5.13. The minimum absolute atomic E-state index is 0.0302. The van der Waals surface area contributed by atoms with Crippen molar-refractivity contribution < 1.29 is 14.3 Å². The Morgan fingerprint density at radius 3 is 2.50 bits per heavy atom. The molecular formula is C23H38BrN5O3. The first-order valence-corrected chi connectivity index (χ1v) is 12.7. The van der Waals surface area contributed by atoms with E-state index in [1.165, 1.54) is 0 Å². The molecule has 0 radical (unpaired) electrons. The summed E-state index contributed by atoms with van der Waals surface area (Å²) in [5.74, 6) is 0.742. The number of nitrogens with one attached hydrogen (secondary N) is 1. The van der Waals surface area contributed by atoms with Crippen LogP contribution in [0.5, 0.6) is 0 Å². The van der Waals surface area contributed by atoms with Gasteiger partial charge in [-0.3, -0.25) is 9.79 Å². The van der Waals surface area contributed by atoms with Gasteiger partial charge in [0.1, 0.15) is 17.3 Å². The molecule has 0 aromatic rings. The molecule has 9 heteroatoms. The van der Waals surface area contributed by atoms with Crippen LogP contribution >= 0.6 is 15.9 Å². The van der Waals surface area contributed by atoms with Gasteiger partial charge in [0, 0.05) is 26.2 Å². The molecule has 1 spiro atoms. The van der Waals surface area contributed by atoms with Crippen LogP contribution in [0.15, 0.2) is 9.98 Å². The van der Waals surface area contributed by atoms with Crippen molar-refractivity contribution in [3.8, 4) is 0 Å². The minimum atomic E-state index is -0.510. The second-order valence-corrected chi connectivity index (χ2v) is 11.3. The van der Waals surface area contributed by atoms with Gasteiger partial charge in [-0.25, -0.2) is 9.79 Å². The lowest BCUT2D eigenvalue weighted by molar-refractivity contribution is -0.121. The van der Waals surface area contributed by atoms with Gasteiger partial charge in [-0.15, -0.1) is 0 Å². The number of alkyl carbamates (subject to hydrolysis) is 1. The Morgan fingerprint density at radius 2 is 1.97 bits per heavy atom. The van der Waals surface area contributed by atoms with E-state index in [0.717, 1.165) is 63.3 Å². The second kappa shape index (κ2) is 9.69. The molecule has 1 saturated heterocycles. The summed E-state index contributed by atoms with van der Waals surface area (Å²) >= 11 is 3.69. The largest absolute Gasteiger partial charge is 0.444 e. The standard InChI is InChI=1S/C23H38BrN5O3/c1-6-14-16(18(25)30)20(28-19(26-5)17(14)24)29-12-10-23(11-13-29)9-7-8-15(23)27-21(31)32-22(2,3)4/h14-17H,6-13H2,1-5H3,(H2,25,30)(H,27,31). The molecule has 0 aromatic heterocycles. The molecule has 180 valence electrons. The van der Waals surface area contributed by atoms with E-state index in [2.05, 4.69) is 38.1 Å². The first kappa shape index (κ1) is 25.0. The molecule has 2 heterocycles. The van der Waals surface area contributed by atoms with Gasteiger partial charge in [0.25, 0.3) is 0 Å². The van der Waals surface area contributed by atoms with Gasteiger partial charge in [0.2, 0.25) is 5.91 Å². The predicted octanol–water partition coefficient (Wildman–Crippen LogP) is 3.48. The lowest BCUT2D eigenvalue weighted by Crippen LogP contribution is -2.56. The van der Waals surface area contributed by atoms with Crippen LogP contribution in [0, 0.1) is 17.3 Å². The van der Waals surface area contributed by atoms with Crippen molar-refractivity contribution in [1.29, 1.82) is 0 Å². The third-order valence-corrected chi connectivity index (χ3v) is 8.33. The van der Waals surface area contributed by atoms with E-state index in [-0.39, 0.29) is 34.2 Å². The highest BCUT2D eigenvalue weighted by Gasteiger charge is 2.48. The Kier molecular flexibility index (Phi) is 7.57. The number of hydrogen-bond donors (Lipinski definition) is 2. The summed E-state index contributed by atoms with van der Waals surface area (Å²) in [6.07, 6.45) is 5.50. The Balaban J connectivity index is 1.75. The molecule has 0 bridgehead atoms. The van der Waals surface area contributed by atoms with Crippen molar-refractivity contribution in [2.75, 3.05) is 20.1 Å². The number of amides is 2. The van der Waals surface area contributed by atoms with Gasteiger partial charge in [-0.1, -0.05) is 35.7 Å². The number of primary amides is 1.